The summed E-state index contributed by atoms with van der Waals surface area (Å²) >= 11 is 0. The summed E-state index contributed by atoms with van der Waals surface area (Å²) in [6.45, 7) is 3.96. The predicted molar refractivity (Wildman–Crippen MR) is 73.7 cm³/mol. The second kappa shape index (κ2) is 4.68. The number of hydrogen-bond acceptors (Lipinski definition) is 4. The Morgan fingerprint density at radius 1 is 1.00 bits per heavy atom. The van der Waals surface area contributed by atoms with Crippen LogP contribution in [0.3, 0.4) is 0 Å². The smallest absolute Gasteiger partial charge is 0.382 e. The van der Waals surface area contributed by atoms with Crippen LogP contribution in [-0.4, -0.2) is 30.6 Å². The van der Waals surface area contributed by atoms with Crippen LogP contribution in [0.5, 0.6) is 0 Å². The van der Waals surface area contributed by atoms with Crippen LogP contribution in [-0.2, 0) is 0 Å². The number of anilines is 2. The highest BCUT2D eigenvalue weighted by Gasteiger charge is 2.24. The van der Waals surface area contributed by atoms with Gasteiger partial charge >= 0.3 is 7.55 Å². The van der Waals surface area contributed by atoms with E-state index in [0.717, 1.165) is 24.7 Å². The Bertz CT molecular complexity index is 532. The molecule has 5 heteroatoms. The van der Waals surface area contributed by atoms with E-state index < -0.39 is 0 Å². The monoisotopic (exact) mass is 237 g/mol. The molecule has 18 heavy (non-hydrogen) atoms. The molecule has 0 bridgehead atoms. The molecule has 1 aliphatic rings. The molecule has 1 aliphatic heterocycles. The summed E-state index contributed by atoms with van der Waals surface area (Å²) in [6.07, 6.45) is 3.67. The number of hydrogen-bond donors (Lipinski definition) is 0. The van der Waals surface area contributed by atoms with Gasteiger partial charge in [0.15, 0.2) is 0 Å². The molecular formula is C13H14BN4. The molecule has 2 aromatic heterocycles. The van der Waals surface area contributed by atoms with E-state index in [4.69, 9.17) is 0 Å². The highest BCUT2D eigenvalue weighted by Crippen LogP contribution is 2.18. The van der Waals surface area contributed by atoms with Crippen LogP contribution < -0.4 is 9.62 Å². The summed E-state index contributed by atoms with van der Waals surface area (Å²) in [6, 6.07) is 10.1. The Balaban J connectivity index is 1.76. The second-order valence-corrected chi connectivity index (χ2v) is 4.38. The van der Waals surface area contributed by atoms with Gasteiger partial charge in [-0.3, -0.25) is 0 Å². The molecule has 2 aromatic rings. The first-order valence-electron chi connectivity index (χ1n) is 6.05. The molecule has 0 atom stereocenters. The van der Waals surface area contributed by atoms with Gasteiger partial charge in [0, 0.05) is 25.5 Å². The number of aromatic nitrogens is 2. The van der Waals surface area contributed by atoms with Gasteiger partial charge in [0.1, 0.15) is 11.6 Å². The number of pyridine rings is 2. The number of aryl methyl sites for hydroxylation is 1. The van der Waals surface area contributed by atoms with Crippen molar-refractivity contribution >= 4 is 19.2 Å². The Morgan fingerprint density at radius 2 is 1.78 bits per heavy atom. The van der Waals surface area contributed by atoms with Gasteiger partial charge in [0.25, 0.3) is 0 Å². The topological polar surface area (TPSA) is 32.3 Å². The molecule has 0 unspecified atom stereocenters. The first kappa shape index (κ1) is 11.1. The molecule has 1 saturated heterocycles. The molecule has 1 fully saturated rings. The maximum Gasteiger partial charge on any atom is 0.394 e. The van der Waals surface area contributed by atoms with Crippen LogP contribution in [0, 0.1) is 6.92 Å². The zero-order chi connectivity index (χ0) is 12.4. The van der Waals surface area contributed by atoms with Crippen molar-refractivity contribution in [3.8, 4) is 0 Å². The fourth-order valence-corrected chi connectivity index (χ4v) is 2.05. The van der Waals surface area contributed by atoms with E-state index in [1.165, 1.54) is 5.56 Å². The largest absolute Gasteiger partial charge is 0.394 e. The first-order chi connectivity index (χ1) is 8.83. The fraction of sp³-hybridized carbons (Fsp3) is 0.231. The number of nitrogens with zero attached hydrogens (tertiary/aromatic N) is 4. The average molecular weight is 237 g/mol. The summed E-state index contributed by atoms with van der Waals surface area (Å²) in [5.74, 6) is 1.97. The fourth-order valence-electron chi connectivity index (χ4n) is 2.05. The van der Waals surface area contributed by atoms with E-state index in [1.54, 1.807) is 0 Å². The molecule has 0 spiro atoms. The van der Waals surface area contributed by atoms with Crippen LogP contribution in [0.25, 0.3) is 0 Å². The van der Waals surface area contributed by atoms with Gasteiger partial charge in [0.2, 0.25) is 0 Å². The third-order valence-corrected chi connectivity index (χ3v) is 3.00. The van der Waals surface area contributed by atoms with Crippen LogP contribution >= 0.6 is 0 Å². The van der Waals surface area contributed by atoms with Gasteiger partial charge < -0.3 is 9.62 Å². The maximum absolute atomic E-state index is 4.40. The molecule has 3 heterocycles. The zero-order valence-electron chi connectivity index (χ0n) is 10.3. The van der Waals surface area contributed by atoms with E-state index in [2.05, 4.69) is 40.1 Å². The molecule has 0 N–H and O–H groups in total. The van der Waals surface area contributed by atoms with Gasteiger partial charge in [-0.1, -0.05) is 6.07 Å². The molecule has 0 saturated carbocycles. The Morgan fingerprint density at radius 3 is 2.50 bits per heavy atom. The SMILES string of the molecule is Cc1ccnc(N2[B]N(c3ccccn3)CC2)c1. The summed E-state index contributed by atoms with van der Waals surface area (Å²) in [4.78, 5) is 13.0. The predicted octanol–water partition coefficient (Wildman–Crippen LogP) is 1.65. The lowest BCUT2D eigenvalue weighted by Gasteiger charge is -2.17. The molecule has 3 rings (SSSR count). The Hall–Kier alpha value is -2.04. The maximum atomic E-state index is 4.40. The van der Waals surface area contributed by atoms with Crippen LogP contribution in [0.15, 0.2) is 42.7 Å². The molecule has 0 aromatic carbocycles. The van der Waals surface area contributed by atoms with Crippen molar-refractivity contribution in [3.05, 3.63) is 48.3 Å². The molecule has 1 radical (unpaired) electrons. The standard InChI is InChI=1S/C13H14BN4/c1-11-5-7-16-13(10-11)18-9-8-17(14-18)12-4-2-3-6-15-12/h2-7,10H,8-9H2,1H3. The normalized spacial score (nSPS) is 14.7. The van der Waals surface area contributed by atoms with Crippen molar-refractivity contribution in [3.63, 3.8) is 0 Å². The zero-order valence-corrected chi connectivity index (χ0v) is 10.3. The van der Waals surface area contributed by atoms with Crippen molar-refractivity contribution in [2.45, 2.75) is 6.92 Å². The molecular weight excluding hydrogens is 223 g/mol. The highest BCUT2D eigenvalue weighted by atomic mass is 15.3. The number of rotatable bonds is 2. The molecule has 0 amide bonds. The van der Waals surface area contributed by atoms with Crippen molar-refractivity contribution < 1.29 is 0 Å². The van der Waals surface area contributed by atoms with E-state index in [-0.39, 0.29) is 0 Å². The van der Waals surface area contributed by atoms with E-state index >= 15 is 0 Å². The first-order valence-corrected chi connectivity index (χ1v) is 6.05. The minimum absolute atomic E-state index is 0.937. The molecule has 4 nitrogen and oxygen atoms in total. The Labute approximate surface area is 108 Å². The lowest BCUT2D eigenvalue weighted by molar-refractivity contribution is 0.992. The van der Waals surface area contributed by atoms with Crippen LogP contribution in [0.4, 0.5) is 11.6 Å². The van der Waals surface area contributed by atoms with E-state index in [9.17, 15) is 0 Å². The third kappa shape index (κ3) is 2.16. The quantitative estimate of drug-likeness (QED) is 0.743. The van der Waals surface area contributed by atoms with Crippen LogP contribution in [0.1, 0.15) is 5.56 Å². The van der Waals surface area contributed by atoms with Gasteiger partial charge in [-0.15, -0.1) is 0 Å². The summed E-state index contributed by atoms with van der Waals surface area (Å²) in [5.41, 5.74) is 1.23. The Kier molecular flexibility index (Phi) is 2.88. The van der Waals surface area contributed by atoms with Crippen LogP contribution in [0.2, 0.25) is 0 Å². The highest BCUT2D eigenvalue weighted by molar-refractivity contribution is 6.47. The summed E-state index contributed by atoms with van der Waals surface area (Å²) in [7, 11) is 2.07. The van der Waals surface area contributed by atoms with Crippen molar-refractivity contribution in [1.82, 2.24) is 9.97 Å². The lowest BCUT2D eigenvalue weighted by Crippen LogP contribution is -2.30. The minimum atomic E-state index is 0.937. The van der Waals surface area contributed by atoms with E-state index in [1.807, 2.05) is 36.7 Å². The van der Waals surface area contributed by atoms with Crippen molar-refractivity contribution in [2.75, 3.05) is 22.7 Å². The third-order valence-electron chi connectivity index (χ3n) is 3.00. The van der Waals surface area contributed by atoms with Gasteiger partial charge in [-0.2, -0.15) is 0 Å². The lowest BCUT2D eigenvalue weighted by atomic mass is 10.1. The van der Waals surface area contributed by atoms with Crippen molar-refractivity contribution in [1.29, 1.82) is 0 Å². The van der Waals surface area contributed by atoms with Crippen molar-refractivity contribution in [2.24, 2.45) is 0 Å². The summed E-state index contributed by atoms with van der Waals surface area (Å²) in [5, 5.41) is 0. The van der Waals surface area contributed by atoms with E-state index in [0.29, 0.717) is 0 Å². The molecule has 89 valence electrons. The van der Waals surface area contributed by atoms with Gasteiger partial charge in [-0.25, -0.2) is 9.97 Å². The second-order valence-electron chi connectivity index (χ2n) is 4.38. The van der Waals surface area contributed by atoms with Gasteiger partial charge in [-0.05, 0) is 36.8 Å². The van der Waals surface area contributed by atoms with Gasteiger partial charge in [0.05, 0.1) is 0 Å². The average Bonchev–Trinajstić information content (AvgIpc) is 2.89. The minimum Gasteiger partial charge on any atom is -0.382 e. The molecule has 0 aliphatic carbocycles. The summed E-state index contributed by atoms with van der Waals surface area (Å²) < 4.78 is 0.